The van der Waals surface area contributed by atoms with Crippen LogP contribution in [-0.2, 0) is 4.79 Å². The van der Waals surface area contributed by atoms with Gasteiger partial charge >= 0.3 is 0 Å². The Hall–Kier alpha value is -1.01. The van der Waals surface area contributed by atoms with Crippen LogP contribution in [-0.4, -0.2) is 25.0 Å². The lowest BCUT2D eigenvalue weighted by atomic mass is 10.4. The maximum atomic E-state index is 11.1. The molecule has 1 aliphatic carbocycles. The number of hydrogen-bond acceptors (Lipinski definition) is 2. The molecular weight excluding hydrogens is 164 g/mol. The average molecular weight is 180 g/mol. The summed E-state index contributed by atoms with van der Waals surface area (Å²) in [6.45, 7) is 3.03. The molecular formula is C10H16N2O. The second-order valence-electron chi connectivity index (χ2n) is 3.20. The molecule has 3 heteroatoms. The number of rotatable bonds is 5. The third kappa shape index (κ3) is 5.26. The number of amides is 1. The van der Waals surface area contributed by atoms with Gasteiger partial charge in [0.05, 0.1) is 6.54 Å². The van der Waals surface area contributed by atoms with E-state index in [2.05, 4.69) is 22.5 Å². The van der Waals surface area contributed by atoms with Crippen molar-refractivity contribution in [2.75, 3.05) is 13.1 Å². The molecule has 2 N–H and O–H groups in total. The van der Waals surface area contributed by atoms with E-state index in [0.717, 1.165) is 25.8 Å². The van der Waals surface area contributed by atoms with Gasteiger partial charge in [0.25, 0.3) is 0 Å². The smallest absolute Gasteiger partial charge is 0.234 e. The second-order valence-corrected chi connectivity index (χ2v) is 3.20. The topological polar surface area (TPSA) is 41.1 Å². The average Bonchev–Trinajstić information content (AvgIpc) is 2.88. The Kier molecular flexibility index (Phi) is 4.34. The van der Waals surface area contributed by atoms with Gasteiger partial charge in [0.2, 0.25) is 5.91 Å². The number of hydrogen-bond donors (Lipinski definition) is 2. The fourth-order valence-electron chi connectivity index (χ4n) is 0.984. The first-order chi connectivity index (χ1) is 6.33. The molecule has 0 spiro atoms. The zero-order valence-electron chi connectivity index (χ0n) is 8.02. The fraction of sp³-hybridized carbons (Fsp3) is 0.700. The Bertz CT molecular complexity index is 223. The minimum atomic E-state index is 0.104. The van der Waals surface area contributed by atoms with Crippen LogP contribution in [0.4, 0.5) is 0 Å². The van der Waals surface area contributed by atoms with Crippen molar-refractivity contribution in [3.8, 4) is 11.8 Å². The van der Waals surface area contributed by atoms with Crippen LogP contribution in [0, 0.1) is 11.8 Å². The van der Waals surface area contributed by atoms with Crippen LogP contribution in [0.3, 0.4) is 0 Å². The van der Waals surface area contributed by atoms with E-state index in [0.29, 0.717) is 12.6 Å². The van der Waals surface area contributed by atoms with Crippen LogP contribution in [0.1, 0.15) is 26.2 Å². The molecule has 0 heterocycles. The highest BCUT2D eigenvalue weighted by atomic mass is 16.2. The molecule has 0 radical (unpaired) electrons. The first kappa shape index (κ1) is 10.1. The van der Waals surface area contributed by atoms with Crippen LogP contribution < -0.4 is 10.6 Å². The second kappa shape index (κ2) is 5.60. The predicted octanol–water partition coefficient (Wildman–Crippen LogP) is 0.268. The quantitative estimate of drug-likeness (QED) is 0.471. The predicted molar refractivity (Wildman–Crippen MR) is 52.1 cm³/mol. The summed E-state index contributed by atoms with van der Waals surface area (Å²) in [6.07, 6.45) is 3.10. The van der Waals surface area contributed by atoms with Crippen LogP contribution >= 0.6 is 0 Å². The first-order valence-electron chi connectivity index (χ1n) is 4.72. The van der Waals surface area contributed by atoms with Gasteiger partial charge in [-0.25, -0.2) is 0 Å². The molecule has 0 aromatic carbocycles. The van der Waals surface area contributed by atoms with Gasteiger partial charge in [-0.3, -0.25) is 4.79 Å². The van der Waals surface area contributed by atoms with Gasteiger partial charge in [-0.15, -0.1) is 11.8 Å². The summed E-state index contributed by atoms with van der Waals surface area (Å²) in [5, 5.41) is 5.95. The van der Waals surface area contributed by atoms with Crippen LogP contribution in [0.2, 0.25) is 0 Å². The Morgan fingerprint density at radius 3 is 2.92 bits per heavy atom. The maximum Gasteiger partial charge on any atom is 0.234 e. The molecule has 3 nitrogen and oxygen atoms in total. The normalized spacial score (nSPS) is 14.5. The van der Waals surface area contributed by atoms with Gasteiger partial charge in [-0.2, -0.15) is 0 Å². The minimum Gasteiger partial charge on any atom is -0.352 e. The lowest BCUT2D eigenvalue weighted by Crippen LogP contribution is -2.35. The van der Waals surface area contributed by atoms with E-state index >= 15 is 0 Å². The first-order valence-corrected chi connectivity index (χ1v) is 4.72. The zero-order chi connectivity index (χ0) is 9.52. The molecule has 1 aliphatic rings. The molecule has 0 aliphatic heterocycles. The van der Waals surface area contributed by atoms with E-state index < -0.39 is 0 Å². The summed E-state index contributed by atoms with van der Waals surface area (Å²) in [7, 11) is 0. The number of carbonyl (C=O) groups excluding carboxylic acids is 1. The molecule has 13 heavy (non-hydrogen) atoms. The molecule has 0 saturated heterocycles. The molecule has 0 aromatic heterocycles. The van der Waals surface area contributed by atoms with E-state index in [-0.39, 0.29) is 5.91 Å². The SMILES string of the molecule is CC#CCCNCC(=O)NC1CC1. The van der Waals surface area contributed by atoms with Crippen molar-refractivity contribution in [1.82, 2.24) is 10.6 Å². The van der Waals surface area contributed by atoms with Gasteiger partial charge in [0, 0.05) is 19.0 Å². The molecule has 72 valence electrons. The van der Waals surface area contributed by atoms with E-state index in [9.17, 15) is 4.79 Å². The molecule has 1 saturated carbocycles. The lowest BCUT2D eigenvalue weighted by Gasteiger charge is -2.03. The zero-order valence-corrected chi connectivity index (χ0v) is 8.02. The van der Waals surface area contributed by atoms with Crippen molar-refractivity contribution in [2.24, 2.45) is 0 Å². The third-order valence-electron chi connectivity index (χ3n) is 1.83. The van der Waals surface area contributed by atoms with Gasteiger partial charge in [-0.05, 0) is 19.8 Å². The highest BCUT2D eigenvalue weighted by Gasteiger charge is 2.22. The van der Waals surface area contributed by atoms with Crippen LogP contribution in [0.5, 0.6) is 0 Å². The summed E-state index contributed by atoms with van der Waals surface area (Å²) >= 11 is 0. The molecule has 0 aromatic rings. The van der Waals surface area contributed by atoms with Crippen molar-refractivity contribution in [3.63, 3.8) is 0 Å². The Morgan fingerprint density at radius 1 is 1.54 bits per heavy atom. The van der Waals surface area contributed by atoms with Gasteiger partial charge in [0.15, 0.2) is 0 Å². The van der Waals surface area contributed by atoms with Crippen LogP contribution in [0.15, 0.2) is 0 Å². The fourth-order valence-corrected chi connectivity index (χ4v) is 0.984. The van der Waals surface area contributed by atoms with Gasteiger partial charge in [0.1, 0.15) is 0 Å². The molecule has 1 amide bonds. The summed E-state index contributed by atoms with van der Waals surface area (Å²) < 4.78 is 0. The van der Waals surface area contributed by atoms with Crippen molar-refractivity contribution in [1.29, 1.82) is 0 Å². The highest BCUT2D eigenvalue weighted by Crippen LogP contribution is 2.17. The summed E-state index contributed by atoms with van der Waals surface area (Å²) in [5.41, 5.74) is 0. The largest absolute Gasteiger partial charge is 0.352 e. The van der Waals surface area contributed by atoms with E-state index in [1.165, 1.54) is 0 Å². The Labute approximate surface area is 79.3 Å². The van der Waals surface area contributed by atoms with Crippen LogP contribution in [0.25, 0.3) is 0 Å². The molecule has 0 atom stereocenters. The Balaban J connectivity index is 1.90. The lowest BCUT2D eigenvalue weighted by molar-refractivity contribution is -0.120. The summed E-state index contributed by atoms with van der Waals surface area (Å²) in [4.78, 5) is 11.1. The van der Waals surface area contributed by atoms with Crippen molar-refractivity contribution in [2.45, 2.75) is 32.2 Å². The highest BCUT2D eigenvalue weighted by molar-refractivity contribution is 5.78. The van der Waals surface area contributed by atoms with Crippen molar-refractivity contribution >= 4 is 5.91 Å². The summed E-state index contributed by atoms with van der Waals surface area (Å²) in [6, 6.07) is 0.463. The molecule has 1 rings (SSSR count). The van der Waals surface area contributed by atoms with Crippen molar-refractivity contribution < 1.29 is 4.79 Å². The molecule has 0 unspecified atom stereocenters. The van der Waals surface area contributed by atoms with Gasteiger partial charge < -0.3 is 10.6 Å². The summed E-state index contributed by atoms with van der Waals surface area (Å²) in [5.74, 6) is 5.84. The monoisotopic (exact) mass is 180 g/mol. The van der Waals surface area contributed by atoms with E-state index in [1.54, 1.807) is 0 Å². The van der Waals surface area contributed by atoms with Gasteiger partial charge in [-0.1, -0.05) is 0 Å². The maximum absolute atomic E-state index is 11.1. The Morgan fingerprint density at radius 2 is 2.31 bits per heavy atom. The third-order valence-corrected chi connectivity index (χ3v) is 1.83. The molecule has 1 fully saturated rings. The van der Waals surface area contributed by atoms with E-state index in [1.807, 2.05) is 6.92 Å². The van der Waals surface area contributed by atoms with E-state index in [4.69, 9.17) is 0 Å². The number of nitrogens with one attached hydrogen (secondary N) is 2. The number of carbonyl (C=O) groups is 1. The molecule has 0 bridgehead atoms. The minimum absolute atomic E-state index is 0.104. The standard InChI is InChI=1S/C10H16N2O/c1-2-3-4-7-11-8-10(13)12-9-5-6-9/h9,11H,4-8H2,1H3,(H,12,13). The van der Waals surface area contributed by atoms with Crippen molar-refractivity contribution in [3.05, 3.63) is 0 Å².